The summed E-state index contributed by atoms with van der Waals surface area (Å²) in [4.78, 5) is 25.2. The van der Waals surface area contributed by atoms with E-state index >= 15 is 0 Å². The molecule has 4 aromatic rings. The highest BCUT2D eigenvalue weighted by molar-refractivity contribution is 7.98. The third-order valence-electron chi connectivity index (χ3n) is 3.35. The lowest BCUT2D eigenvalue weighted by Crippen LogP contribution is -2.14. The minimum atomic E-state index is -0.0241. The minimum Gasteiger partial charge on any atom is -0.333 e. The molecule has 0 fully saturated rings. The number of thiazole rings is 1. The van der Waals surface area contributed by atoms with Gasteiger partial charge in [-0.25, -0.2) is 9.97 Å². The van der Waals surface area contributed by atoms with E-state index in [2.05, 4.69) is 15.0 Å². The molecule has 0 aliphatic rings. The molecule has 4 rings (SSSR count). The van der Waals surface area contributed by atoms with Crippen molar-refractivity contribution in [1.29, 1.82) is 0 Å². The molecule has 1 N–H and O–H groups in total. The van der Waals surface area contributed by atoms with Gasteiger partial charge in [0.25, 0.3) is 5.56 Å². The number of rotatable bonds is 3. The molecule has 3 aromatic heterocycles. The number of aromatic nitrogens is 4. The van der Waals surface area contributed by atoms with Crippen molar-refractivity contribution in [2.24, 2.45) is 0 Å². The van der Waals surface area contributed by atoms with Gasteiger partial charge in [0, 0.05) is 22.9 Å². The standard InChI is InChI=1S/C15H12N4OS2/c1-9-7-22-15-16-10(6-13(20)19(9)15)8-21-14-17-11-4-2-3-5-12(11)18-14/h2-7H,8H2,1H3,(H,17,18). The number of nitrogens with zero attached hydrogens (tertiary/aromatic N) is 3. The number of benzene rings is 1. The molecule has 0 radical (unpaired) electrons. The maximum absolute atomic E-state index is 12.1. The Morgan fingerprint density at radius 3 is 3.05 bits per heavy atom. The van der Waals surface area contributed by atoms with E-state index < -0.39 is 0 Å². The number of hydrogen-bond donors (Lipinski definition) is 1. The van der Waals surface area contributed by atoms with Crippen molar-refractivity contribution < 1.29 is 0 Å². The Bertz CT molecular complexity index is 998. The zero-order valence-corrected chi connectivity index (χ0v) is 13.4. The van der Waals surface area contributed by atoms with Gasteiger partial charge in [-0.05, 0) is 19.1 Å². The van der Waals surface area contributed by atoms with Crippen molar-refractivity contribution in [2.45, 2.75) is 17.8 Å². The smallest absolute Gasteiger partial charge is 0.258 e. The Morgan fingerprint density at radius 1 is 1.32 bits per heavy atom. The number of hydrogen-bond acceptors (Lipinski definition) is 5. The number of thioether (sulfide) groups is 1. The van der Waals surface area contributed by atoms with Crippen LogP contribution in [0.15, 0.2) is 45.7 Å². The first-order valence-corrected chi connectivity index (χ1v) is 8.61. The van der Waals surface area contributed by atoms with Gasteiger partial charge in [-0.3, -0.25) is 9.20 Å². The predicted molar refractivity (Wildman–Crippen MR) is 89.7 cm³/mol. The summed E-state index contributed by atoms with van der Waals surface area (Å²) in [5.74, 6) is 0.614. The molecule has 7 heteroatoms. The van der Waals surface area contributed by atoms with Gasteiger partial charge >= 0.3 is 0 Å². The molecule has 22 heavy (non-hydrogen) atoms. The summed E-state index contributed by atoms with van der Waals surface area (Å²) in [7, 11) is 0. The maximum atomic E-state index is 12.1. The molecule has 0 unspecified atom stereocenters. The van der Waals surface area contributed by atoms with Crippen molar-refractivity contribution in [1.82, 2.24) is 19.4 Å². The van der Waals surface area contributed by atoms with Gasteiger partial charge in [0.05, 0.1) is 16.7 Å². The number of aryl methyl sites for hydroxylation is 1. The average Bonchev–Trinajstić information content (AvgIpc) is 3.09. The molecule has 0 amide bonds. The van der Waals surface area contributed by atoms with Crippen molar-refractivity contribution in [3.8, 4) is 0 Å². The lowest BCUT2D eigenvalue weighted by molar-refractivity contribution is 0.994. The van der Waals surface area contributed by atoms with Crippen LogP contribution in [-0.4, -0.2) is 19.4 Å². The van der Waals surface area contributed by atoms with Gasteiger partial charge in [0.2, 0.25) is 0 Å². The average molecular weight is 328 g/mol. The van der Waals surface area contributed by atoms with Crippen molar-refractivity contribution in [3.63, 3.8) is 0 Å². The lowest BCUT2D eigenvalue weighted by Gasteiger charge is -2.00. The topological polar surface area (TPSA) is 63.0 Å². The SMILES string of the molecule is Cc1csc2nc(CSc3nc4ccccc4[nH]3)cc(=O)n12. The molecule has 0 atom stereocenters. The van der Waals surface area contributed by atoms with E-state index in [1.807, 2.05) is 36.6 Å². The van der Waals surface area contributed by atoms with E-state index in [0.29, 0.717) is 5.75 Å². The Morgan fingerprint density at radius 2 is 2.18 bits per heavy atom. The van der Waals surface area contributed by atoms with E-state index in [1.165, 1.54) is 11.3 Å². The Balaban J connectivity index is 1.62. The second-order valence-corrected chi connectivity index (χ2v) is 6.73. The molecule has 5 nitrogen and oxygen atoms in total. The fourth-order valence-electron chi connectivity index (χ4n) is 2.31. The molecular formula is C15H12N4OS2. The van der Waals surface area contributed by atoms with Crippen LogP contribution in [0.25, 0.3) is 16.0 Å². The third-order valence-corrected chi connectivity index (χ3v) is 5.20. The van der Waals surface area contributed by atoms with Crippen LogP contribution in [0.5, 0.6) is 0 Å². The number of para-hydroxylation sites is 2. The van der Waals surface area contributed by atoms with E-state index in [-0.39, 0.29) is 5.56 Å². The van der Waals surface area contributed by atoms with E-state index in [0.717, 1.165) is 32.5 Å². The summed E-state index contributed by atoms with van der Waals surface area (Å²) < 4.78 is 1.64. The zero-order valence-electron chi connectivity index (χ0n) is 11.7. The molecule has 0 bridgehead atoms. The predicted octanol–water partition coefficient (Wildman–Crippen LogP) is 3.23. The highest BCUT2D eigenvalue weighted by Gasteiger charge is 2.08. The first-order valence-electron chi connectivity index (χ1n) is 6.75. The van der Waals surface area contributed by atoms with Crippen LogP contribution >= 0.6 is 23.1 Å². The molecule has 110 valence electrons. The quantitative estimate of drug-likeness (QED) is 0.587. The third kappa shape index (κ3) is 2.32. The van der Waals surface area contributed by atoms with Crippen LogP contribution in [0.4, 0.5) is 0 Å². The Hall–Kier alpha value is -2.12. The van der Waals surface area contributed by atoms with E-state index in [4.69, 9.17) is 0 Å². The van der Waals surface area contributed by atoms with Crippen LogP contribution in [0.3, 0.4) is 0 Å². The zero-order chi connectivity index (χ0) is 15.1. The summed E-state index contributed by atoms with van der Waals surface area (Å²) >= 11 is 3.04. The van der Waals surface area contributed by atoms with Crippen LogP contribution in [-0.2, 0) is 5.75 Å². The van der Waals surface area contributed by atoms with Gasteiger partial charge in [0.15, 0.2) is 10.1 Å². The van der Waals surface area contributed by atoms with Crippen molar-refractivity contribution in [2.75, 3.05) is 0 Å². The first kappa shape index (κ1) is 13.5. The van der Waals surface area contributed by atoms with Gasteiger partial charge < -0.3 is 4.98 Å². The largest absolute Gasteiger partial charge is 0.333 e. The summed E-state index contributed by atoms with van der Waals surface area (Å²) in [6.45, 7) is 1.91. The lowest BCUT2D eigenvalue weighted by atomic mass is 10.3. The molecule has 1 aromatic carbocycles. The fraction of sp³-hybridized carbons (Fsp3) is 0.133. The van der Waals surface area contributed by atoms with Crippen LogP contribution in [0.2, 0.25) is 0 Å². The summed E-state index contributed by atoms with van der Waals surface area (Å²) in [6, 6.07) is 9.51. The number of imidazole rings is 1. The molecule has 0 saturated heterocycles. The van der Waals surface area contributed by atoms with Crippen molar-refractivity contribution in [3.05, 3.63) is 57.5 Å². The maximum Gasteiger partial charge on any atom is 0.258 e. The van der Waals surface area contributed by atoms with Gasteiger partial charge in [-0.2, -0.15) is 0 Å². The van der Waals surface area contributed by atoms with Crippen molar-refractivity contribution >= 4 is 39.1 Å². The molecule has 3 heterocycles. The molecule has 0 aliphatic carbocycles. The highest BCUT2D eigenvalue weighted by atomic mass is 32.2. The molecule has 0 spiro atoms. The number of H-pyrrole nitrogens is 1. The van der Waals surface area contributed by atoms with E-state index in [9.17, 15) is 4.79 Å². The number of nitrogens with one attached hydrogen (secondary N) is 1. The first-order chi connectivity index (χ1) is 10.7. The summed E-state index contributed by atoms with van der Waals surface area (Å²) in [5.41, 5.74) is 3.64. The number of aromatic amines is 1. The van der Waals surface area contributed by atoms with Gasteiger partial charge in [-0.1, -0.05) is 23.9 Å². The normalized spacial score (nSPS) is 11.5. The fourth-order valence-corrected chi connectivity index (χ4v) is 3.98. The summed E-state index contributed by atoms with van der Waals surface area (Å²) in [5, 5.41) is 2.78. The Labute approximate surface area is 134 Å². The molecule has 0 saturated carbocycles. The minimum absolute atomic E-state index is 0.0241. The Kier molecular flexibility index (Phi) is 3.24. The van der Waals surface area contributed by atoms with Gasteiger partial charge in [0.1, 0.15) is 0 Å². The van der Waals surface area contributed by atoms with Crippen LogP contribution in [0, 0.1) is 6.92 Å². The second-order valence-electron chi connectivity index (χ2n) is 4.93. The highest BCUT2D eigenvalue weighted by Crippen LogP contribution is 2.22. The molecular weight excluding hydrogens is 316 g/mol. The monoisotopic (exact) mass is 328 g/mol. The van der Waals surface area contributed by atoms with Gasteiger partial charge in [-0.15, -0.1) is 11.3 Å². The summed E-state index contributed by atoms with van der Waals surface area (Å²) in [6.07, 6.45) is 0. The number of fused-ring (bicyclic) bond motifs is 2. The van der Waals surface area contributed by atoms with E-state index in [1.54, 1.807) is 22.2 Å². The molecule has 0 aliphatic heterocycles. The second kappa shape index (κ2) is 5.26. The van der Waals surface area contributed by atoms with Crippen LogP contribution in [0.1, 0.15) is 11.4 Å². The van der Waals surface area contributed by atoms with Crippen LogP contribution < -0.4 is 5.56 Å².